The lowest BCUT2D eigenvalue weighted by atomic mass is 9.89. The highest BCUT2D eigenvalue weighted by Gasteiger charge is 2.27. The third-order valence-electron chi connectivity index (χ3n) is 1.88. The molecule has 0 aliphatic rings. The molecule has 0 amide bonds. The first kappa shape index (κ1) is 12.2. The van der Waals surface area contributed by atoms with Gasteiger partial charge in [0.25, 0.3) is 0 Å². The van der Waals surface area contributed by atoms with Gasteiger partial charge in [-0.1, -0.05) is 25.5 Å². The van der Waals surface area contributed by atoms with Crippen molar-refractivity contribution < 1.29 is 15.0 Å². The van der Waals surface area contributed by atoms with Crippen LogP contribution in [0.4, 0.5) is 0 Å². The summed E-state index contributed by atoms with van der Waals surface area (Å²) >= 11 is 0. The lowest BCUT2D eigenvalue weighted by Crippen LogP contribution is -2.31. The van der Waals surface area contributed by atoms with Gasteiger partial charge in [0.15, 0.2) is 0 Å². The molecule has 13 heavy (non-hydrogen) atoms. The second-order valence-corrected chi connectivity index (χ2v) is 3.84. The molecule has 0 bridgehead atoms. The Morgan fingerprint density at radius 3 is 2.00 bits per heavy atom. The predicted octanol–water partition coefficient (Wildman–Crippen LogP) is 1.67. The van der Waals surface area contributed by atoms with Crippen LogP contribution in [0.2, 0.25) is 0 Å². The summed E-state index contributed by atoms with van der Waals surface area (Å²) in [7, 11) is 0. The molecule has 0 fully saturated rings. The van der Waals surface area contributed by atoms with E-state index in [0.717, 1.165) is 5.57 Å². The Labute approximate surface area is 79.1 Å². The number of aliphatic hydroxyl groups excluding tert-OH is 1. The van der Waals surface area contributed by atoms with Crippen molar-refractivity contribution in [1.29, 1.82) is 0 Å². The van der Waals surface area contributed by atoms with E-state index in [9.17, 15) is 9.90 Å². The Balaban J connectivity index is 4.56. The van der Waals surface area contributed by atoms with Crippen molar-refractivity contribution in [3.63, 3.8) is 0 Å². The van der Waals surface area contributed by atoms with Crippen LogP contribution in [0, 0.1) is 11.8 Å². The number of carbonyl (C=O) groups is 1. The maximum absolute atomic E-state index is 10.8. The molecule has 0 aliphatic heterocycles. The van der Waals surface area contributed by atoms with E-state index in [-0.39, 0.29) is 5.92 Å². The minimum atomic E-state index is -0.944. The van der Waals surface area contributed by atoms with E-state index in [0.29, 0.717) is 0 Å². The van der Waals surface area contributed by atoms with Crippen LogP contribution in [-0.4, -0.2) is 22.3 Å². The Kier molecular flexibility index (Phi) is 4.70. The van der Waals surface area contributed by atoms with Crippen LogP contribution in [0.1, 0.15) is 27.7 Å². The third-order valence-corrected chi connectivity index (χ3v) is 1.88. The molecule has 2 unspecified atom stereocenters. The van der Waals surface area contributed by atoms with Crippen LogP contribution < -0.4 is 0 Å². The van der Waals surface area contributed by atoms with E-state index in [1.807, 2.05) is 13.8 Å². The molecule has 2 N–H and O–H groups in total. The SMILES string of the molecule is CC(C)=CC(O)C(C(=O)O)C(C)C. The van der Waals surface area contributed by atoms with E-state index < -0.39 is 18.0 Å². The van der Waals surface area contributed by atoms with Gasteiger partial charge in [0.1, 0.15) is 0 Å². The first-order chi connectivity index (χ1) is 5.86. The first-order valence-corrected chi connectivity index (χ1v) is 4.42. The Bertz CT molecular complexity index is 202. The first-order valence-electron chi connectivity index (χ1n) is 4.42. The van der Waals surface area contributed by atoms with Gasteiger partial charge in [-0.15, -0.1) is 0 Å². The van der Waals surface area contributed by atoms with Crippen molar-refractivity contribution in [3.8, 4) is 0 Å². The Hall–Kier alpha value is -0.830. The fourth-order valence-corrected chi connectivity index (χ4v) is 1.27. The molecule has 0 saturated heterocycles. The van der Waals surface area contributed by atoms with Crippen LogP contribution in [0.5, 0.6) is 0 Å². The van der Waals surface area contributed by atoms with E-state index >= 15 is 0 Å². The molecular formula is C10H18O3. The summed E-state index contributed by atoms with van der Waals surface area (Å²) < 4.78 is 0. The minimum Gasteiger partial charge on any atom is -0.481 e. The molecule has 3 heteroatoms. The van der Waals surface area contributed by atoms with Gasteiger partial charge in [-0.25, -0.2) is 0 Å². The zero-order valence-corrected chi connectivity index (χ0v) is 8.61. The van der Waals surface area contributed by atoms with Crippen molar-refractivity contribution in [2.24, 2.45) is 11.8 Å². The molecule has 0 saturated carbocycles. The summed E-state index contributed by atoms with van der Waals surface area (Å²) in [6.07, 6.45) is 0.696. The molecule has 0 aliphatic carbocycles. The highest BCUT2D eigenvalue weighted by atomic mass is 16.4. The van der Waals surface area contributed by atoms with Crippen molar-refractivity contribution >= 4 is 5.97 Å². The number of hydrogen-bond acceptors (Lipinski definition) is 2. The number of allylic oxidation sites excluding steroid dienone is 1. The van der Waals surface area contributed by atoms with Gasteiger partial charge in [0.2, 0.25) is 0 Å². The van der Waals surface area contributed by atoms with Gasteiger partial charge in [0.05, 0.1) is 12.0 Å². The van der Waals surface area contributed by atoms with Gasteiger partial charge in [0, 0.05) is 0 Å². The predicted molar refractivity (Wildman–Crippen MR) is 51.4 cm³/mol. The largest absolute Gasteiger partial charge is 0.481 e. The van der Waals surface area contributed by atoms with Crippen molar-refractivity contribution in [1.82, 2.24) is 0 Å². The number of carboxylic acids is 1. The van der Waals surface area contributed by atoms with E-state index in [4.69, 9.17) is 5.11 Å². The van der Waals surface area contributed by atoms with E-state index in [1.54, 1.807) is 19.9 Å². The van der Waals surface area contributed by atoms with Gasteiger partial charge in [-0.3, -0.25) is 4.79 Å². The highest BCUT2D eigenvalue weighted by molar-refractivity contribution is 5.71. The Morgan fingerprint density at radius 2 is 1.77 bits per heavy atom. The molecular weight excluding hydrogens is 168 g/mol. The topological polar surface area (TPSA) is 57.5 Å². The average molecular weight is 186 g/mol. The number of aliphatic carboxylic acids is 1. The standard InChI is InChI=1S/C10H18O3/c1-6(2)5-8(11)9(7(3)4)10(12)13/h5,7-9,11H,1-4H3,(H,12,13). The number of carboxylic acid groups (broad SMARTS) is 1. The lowest BCUT2D eigenvalue weighted by molar-refractivity contribution is -0.146. The van der Waals surface area contributed by atoms with E-state index in [1.165, 1.54) is 0 Å². The highest BCUT2D eigenvalue weighted by Crippen LogP contribution is 2.17. The Morgan fingerprint density at radius 1 is 1.31 bits per heavy atom. The number of rotatable bonds is 4. The second-order valence-electron chi connectivity index (χ2n) is 3.84. The van der Waals surface area contributed by atoms with Crippen molar-refractivity contribution in [2.75, 3.05) is 0 Å². The van der Waals surface area contributed by atoms with E-state index in [2.05, 4.69) is 0 Å². The minimum absolute atomic E-state index is 0.0666. The quantitative estimate of drug-likeness (QED) is 0.656. The summed E-state index contributed by atoms with van der Waals surface area (Å²) in [5.41, 5.74) is 0.930. The molecule has 0 rings (SSSR count). The van der Waals surface area contributed by atoms with Crippen LogP contribution in [0.25, 0.3) is 0 Å². The van der Waals surface area contributed by atoms with Gasteiger partial charge in [-0.2, -0.15) is 0 Å². The summed E-state index contributed by atoms with van der Waals surface area (Å²) in [5.74, 6) is -1.72. The molecule has 0 heterocycles. The molecule has 0 aromatic heterocycles. The van der Waals surface area contributed by atoms with Crippen LogP contribution in [-0.2, 0) is 4.79 Å². The number of hydrogen-bond donors (Lipinski definition) is 2. The van der Waals surface area contributed by atoms with Crippen LogP contribution in [0.3, 0.4) is 0 Å². The monoisotopic (exact) mass is 186 g/mol. The summed E-state index contributed by atoms with van der Waals surface area (Å²) in [6, 6.07) is 0. The zero-order chi connectivity index (χ0) is 10.6. The summed E-state index contributed by atoms with van der Waals surface area (Å²) in [5, 5.41) is 18.4. The molecule has 0 aromatic carbocycles. The number of aliphatic hydroxyl groups is 1. The smallest absolute Gasteiger partial charge is 0.309 e. The fourth-order valence-electron chi connectivity index (χ4n) is 1.27. The zero-order valence-electron chi connectivity index (χ0n) is 8.61. The second kappa shape index (κ2) is 5.02. The molecule has 0 aromatic rings. The van der Waals surface area contributed by atoms with Crippen LogP contribution in [0.15, 0.2) is 11.6 Å². The molecule has 76 valence electrons. The molecule has 2 atom stereocenters. The average Bonchev–Trinajstić information content (AvgIpc) is 1.81. The van der Waals surface area contributed by atoms with Crippen molar-refractivity contribution in [2.45, 2.75) is 33.8 Å². The summed E-state index contributed by atoms with van der Waals surface area (Å²) in [4.78, 5) is 10.8. The fraction of sp³-hybridized carbons (Fsp3) is 0.700. The van der Waals surface area contributed by atoms with Crippen LogP contribution >= 0.6 is 0 Å². The van der Waals surface area contributed by atoms with Gasteiger partial charge < -0.3 is 10.2 Å². The molecule has 3 nitrogen and oxygen atoms in total. The van der Waals surface area contributed by atoms with Gasteiger partial charge in [-0.05, 0) is 19.8 Å². The maximum atomic E-state index is 10.8. The molecule has 0 radical (unpaired) electrons. The van der Waals surface area contributed by atoms with Gasteiger partial charge >= 0.3 is 5.97 Å². The molecule has 0 spiro atoms. The third kappa shape index (κ3) is 4.08. The lowest BCUT2D eigenvalue weighted by Gasteiger charge is -2.20. The normalized spacial score (nSPS) is 15.2. The van der Waals surface area contributed by atoms with Crippen molar-refractivity contribution in [3.05, 3.63) is 11.6 Å². The summed E-state index contributed by atoms with van der Waals surface area (Å²) in [6.45, 7) is 7.26. The maximum Gasteiger partial charge on any atom is 0.309 e.